The largest absolute Gasteiger partial charge is 0.374 e. The third-order valence-electron chi connectivity index (χ3n) is 3.12. The van der Waals surface area contributed by atoms with Crippen LogP contribution in [0.3, 0.4) is 0 Å². The first-order valence-corrected chi connectivity index (χ1v) is 9.31. The van der Waals surface area contributed by atoms with Crippen molar-refractivity contribution in [2.24, 2.45) is 0 Å². The van der Waals surface area contributed by atoms with Crippen LogP contribution in [0.5, 0.6) is 0 Å². The zero-order valence-corrected chi connectivity index (χ0v) is 14.6. The molecule has 118 valence electrons. The van der Waals surface area contributed by atoms with Gasteiger partial charge in [-0.05, 0) is 42.2 Å². The molecule has 6 heteroatoms. The van der Waals surface area contributed by atoms with E-state index >= 15 is 0 Å². The number of thiol groups is 1. The van der Waals surface area contributed by atoms with Crippen molar-refractivity contribution in [1.29, 1.82) is 0 Å². The van der Waals surface area contributed by atoms with Crippen molar-refractivity contribution in [2.45, 2.75) is 32.0 Å². The molecular weight excluding hydrogens is 326 g/mol. The fraction of sp³-hybridized carbons (Fsp3) is 0.533. The lowest BCUT2D eigenvalue weighted by Crippen LogP contribution is -2.40. The van der Waals surface area contributed by atoms with E-state index in [0.29, 0.717) is 30.2 Å². The van der Waals surface area contributed by atoms with Crippen LogP contribution in [-0.4, -0.2) is 39.9 Å². The molecule has 0 aliphatic rings. The zero-order valence-electron chi connectivity index (χ0n) is 12.2. The lowest BCUT2D eigenvalue weighted by atomic mass is 10.1. The maximum Gasteiger partial charge on any atom is 0.225 e. The molecule has 1 aromatic rings. The van der Waals surface area contributed by atoms with Crippen LogP contribution >= 0.6 is 36.0 Å². The average Bonchev–Trinajstić information content (AvgIpc) is 2.46. The smallest absolute Gasteiger partial charge is 0.225 e. The number of hydrogen-bond acceptors (Lipinski definition) is 4. The van der Waals surface area contributed by atoms with E-state index in [4.69, 9.17) is 11.6 Å². The van der Waals surface area contributed by atoms with Gasteiger partial charge in [0, 0.05) is 18.0 Å². The predicted octanol–water partition coefficient (Wildman–Crippen LogP) is 3.45. The van der Waals surface area contributed by atoms with Crippen LogP contribution in [0.25, 0.3) is 0 Å². The highest BCUT2D eigenvalue weighted by molar-refractivity contribution is 7.98. The Morgan fingerprint density at radius 3 is 2.81 bits per heavy atom. The molecule has 0 aliphatic heterocycles. The summed E-state index contributed by atoms with van der Waals surface area (Å²) in [6, 6.07) is 7.39. The van der Waals surface area contributed by atoms with E-state index in [2.05, 4.69) is 12.6 Å². The molecule has 0 heterocycles. The average molecular weight is 348 g/mol. The van der Waals surface area contributed by atoms with Gasteiger partial charge in [0.2, 0.25) is 5.91 Å². The molecule has 1 atom stereocenters. The van der Waals surface area contributed by atoms with Crippen molar-refractivity contribution in [3.8, 4) is 0 Å². The number of amides is 1. The number of rotatable bonds is 9. The van der Waals surface area contributed by atoms with E-state index < -0.39 is 6.23 Å². The molecule has 0 radical (unpaired) electrons. The lowest BCUT2D eigenvalue weighted by molar-refractivity contribution is -0.142. The van der Waals surface area contributed by atoms with E-state index in [-0.39, 0.29) is 5.91 Å². The Labute approximate surface area is 141 Å². The molecule has 0 saturated carbocycles. The van der Waals surface area contributed by atoms with Crippen molar-refractivity contribution in [3.63, 3.8) is 0 Å². The Morgan fingerprint density at radius 1 is 1.48 bits per heavy atom. The molecule has 21 heavy (non-hydrogen) atoms. The number of aliphatic hydroxyl groups is 1. The van der Waals surface area contributed by atoms with E-state index in [1.165, 1.54) is 4.90 Å². The third kappa shape index (κ3) is 6.51. The van der Waals surface area contributed by atoms with Gasteiger partial charge in [-0.3, -0.25) is 4.79 Å². The number of benzene rings is 1. The van der Waals surface area contributed by atoms with Crippen molar-refractivity contribution in [1.82, 2.24) is 4.90 Å². The minimum absolute atomic E-state index is 0.0958. The SMILES string of the molecule is CSCCCC(O)N(Cc1ccccc1Cl)C(=O)CCS. The van der Waals surface area contributed by atoms with Gasteiger partial charge in [-0.25, -0.2) is 0 Å². The number of halogens is 1. The van der Waals surface area contributed by atoms with Gasteiger partial charge in [0.05, 0.1) is 0 Å². The molecule has 1 amide bonds. The summed E-state index contributed by atoms with van der Waals surface area (Å²) in [5.41, 5.74) is 0.843. The van der Waals surface area contributed by atoms with Gasteiger partial charge >= 0.3 is 0 Å². The zero-order chi connectivity index (χ0) is 15.7. The Hall–Kier alpha value is -0.360. The van der Waals surface area contributed by atoms with Gasteiger partial charge in [0.1, 0.15) is 6.23 Å². The Balaban J connectivity index is 2.77. The number of aliphatic hydroxyl groups excluding tert-OH is 1. The summed E-state index contributed by atoms with van der Waals surface area (Å²) in [7, 11) is 0. The molecule has 0 saturated heterocycles. The minimum atomic E-state index is -0.777. The fourth-order valence-corrected chi connectivity index (χ4v) is 2.82. The highest BCUT2D eigenvalue weighted by Gasteiger charge is 2.21. The number of carbonyl (C=O) groups is 1. The molecule has 0 aromatic heterocycles. The molecular formula is C15H22ClNO2S2. The second-order valence-electron chi connectivity index (χ2n) is 4.70. The molecule has 0 bridgehead atoms. The second kappa shape index (κ2) is 10.4. The Bertz CT molecular complexity index is 445. The van der Waals surface area contributed by atoms with Crippen LogP contribution in [0.15, 0.2) is 24.3 Å². The van der Waals surface area contributed by atoms with Crippen molar-refractivity contribution >= 4 is 41.9 Å². The standard InChI is InChI=1S/C15H22ClNO2S2/c1-21-10-4-7-14(18)17(15(19)8-9-20)11-12-5-2-3-6-13(12)16/h2-3,5-6,14,18,20H,4,7-11H2,1H3. The molecule has 0 fully saturated rings. The summed E-state index contributed by atoms with van der Waals surface area (Å²) < 4.78 is 0. The second-order valence-corrected chi connectivity index (χ2v) is 6.54. The van der Waals surface area contributed by atoms with Crippen molar-refractivity contribution in [2.75, 3.05) is 17.8 Å². The van der Waals surface area contributed by atoms with E-state index in [1.807, 2.05) is 24.5 Å². The van der Waals surface area contributed by atoms with Gasteiger partial charge in [-0.1, -0.05) is 29.8 Å². The van der Waals surface area contributed by atoms with Crippen LogP contribution < -0.4 is 0 Å². The first kappa shape index (κ1) is 18.7. The fourth-order valence-electron chi connectivity index (χ4n) is 1.98. The van der Waals surface area contributed by atoms with Crippen LogP contribution in [0.2, 0.25) is 5.02 Å². The molecule has 3 nitrogen and oxygen atoms in total. The topological polar surface area (TPSA) is 40.5 Å². The number of carbonyl (C=O) groups excluding carboxylic acids is 1. The summed E-state index contributed by atoms with van der Waals surface area (Å²) in [5, 5.41) is 10.9. The first-order valence-electron chi connectivity index (χ1n) is 6.91. The summed E-state index contributed by atoms with van der Waals surface area (Å²) >= 11 is 12.0. The van der Waals surface area contributed by atoms with E-state index in [0.717, 1.165) is 17.7 Å². The Morgan fingerprint density at radius 2 is 2.19 bits per heavy atom. The van der Waals surface area contributed by atoms with Crippen molar-refractivity contribution in [3.05, 3.63) is 34.9 Å². The lowest BCUT2D eigenvalue weighted by Gasteiger charge is -2.28. The maximum absolute atomic E-state index is 12.2. The molecule has 1 rings (SSSR count). The molecule has 1 unspecified atom stereocenters. The van der Waals surface area contributed by atoms with Crippen molar-refractivity contribution < 1.29 is 9.90 Å². The van der Waals surface area contributed by atoms with Gasteiger partial charge in [0.15, 0.2) is 0 Å². The van der Waals surface area contributed by atoms with Gasteiger partial charge in [-0.2, -0.15) is 24.4 Å². The molecule has 1 aromatic carbocycles. The predicted molar refractivity (Wildman–Crippen MR) is 94.1 cm³/mol. The normalized spacial score (nSPS) is 12.2. The van der Waals surface area contributed by atoms with E-state index in [9.17, 15) is 9.90 Å². The highest BCUT2D eigenvalue weighted by Crippen LogP contribution is 2.20. The van der Waals surface area contributed by atoms with Crippen LogP contribution in [-0.2, 0) is 11.3 Å². The van der Waals surface area contributed by atoms with Crippen LogP contribution in [0.4, 0.5) is 0 Å². The van der Waals surface area contributed by atoms with Crippen LogP contribution in [0, 0.1) is 0 Å². The quantitative estimate of drug-likeness (QED) is 0.408. The molecule has 0 aliphatic carbocycles. The first-order chi connectivity index (χ1) is 10.1. The monoisotopic (exact) mass is 347 g/mol. The summed E-state index contributed by atoms with van der Waals surface area (Å²) in [4.78, 5) is 13.7. The summed E-state index contributed by atoms with van der Waals surface area (Å²) in [5.74, 6) is 1.34. The third-order valence-corrected chi connectivity index (χ3v) is 4.40. The number of thioether (sulfide) groups is 1. The van der Waals surface area contributed by atoms with Gasteiger partial charge in [0.25, 0.3) is 0 Å². The summed E-state index contributed by atoms with van der Waals surface area (Å²) in [6.45, 7) is 0.326. The number of hydrogen-bond donors (Lipinski definition) is 2. The number of nitrogens with zero attached hydrogens (tertiary/aromatic N) is 1. The van der Waals surface area contributed by atoms with Crippen LogP contribution in [0.1, 0.15) is 24.8 Å². The Kier molecular flexibility index (Phi) is 9.24. The van der Waals surface area contributed by atoms with Gasteiger partial charge < -0.3 is 10.0 Å². The maximum atomic E-state index is 12.2. The van der Waals surface area contributed by atoms with Gasteiger partial charge in [-0.15, -0.1) is 0 Å². The molecule has 0 spiro atoms. The molecule has 1 N–H and O–H groups in total. The van der Waals surface area contributed by atoms with E-state index in [1.54, 1.807) is 17.8 Å². The summed E-state index contributed by atoms with van der Waals surface area (Å²) in [6.07, 6.45) is 3.01. The minimum Gasteiger partial charge on any atom is -0.374 e. The highest BCUT2D eigenvalue weighted by atomic mass is 35.5.